The minimum Gasteiger partial charge on any atom is -0.493 e. The molecule has 118 valence electrons. The number of carbonyl (C=O) groups is 1. The molecule has 2 rings (SSSR count). The fourth-order valence-electron chi connectivity index (χ4n) is 2.05. The Bertz CT molecular complexity index is 678. The number of carbonyl (C=O) groups excluding carboxylic acids is 1. The lowest BCUT2D eigenvalue weighted by Crippen LogP contribution is -2.24. The Morgan fingerprint density at radius 1 is 1.23 bits per heavy atom. The first-order valence-electron chi connectivity index (χ1n) is 7.62. The van der Waals surface area contributed by atoms with Gasteiger partial charge in [-0.1, -0.05) is 13.3 Å². The Kier molecular flexibility index (Phi) is 6.01. The van der Waals surface area contributed by atoms with E-state index < -0.39 is 0 Å². The van der Waals surface area contributed by atoms with Crippen molar-refractivity contribution in [3.8, 4) is 5.75 Å². The maximum absolute atomic E-state index is 11.5. The van der Waals surface area contributed by atoms with Gasteiger partial charge in [-0.25, -0.2) is 4.79 Å². The van der Waals surface area contributed by atoms with E-state index in [0.29, 0.717) is 30.8 Å². The van der Waals surface area contributed by atoms with Gasteiger partial charge in [0.2, 0.25) is 5.91 Å². The van der Waals surface area contributed by atoms with Crippen LogP contribution < -0.4 is 15.7 Å². The number of amides is 1. The molecule has 1 amide bonds. The SMILES string of the molecule is CCCCNC(=O)CCCOc1ccc2ccc(=O)oc2c1. The summed E-state index contributed by atoms with van der Waals surface area (Å²) in [4.78, 5) is 22.7. The molecule has 0 aliphatic rings. The van der Waals surface area contributed by atoms with Gasteiger partial charge in [-0.15, -0.1) is 0 Å². The number of benzene rings is 1. The summed E-state index contributed by atoms with van der Waals surface area (Å²) in [6.07, 6.45) is 3.17. The van der Waals surface area contributed by atoms with Crippen molar-refractivity contribution < 1.29 is 13.9 Å². The highest BCUT2D eigenvalue weighted by Crippen LogP contribution is 2.19. The first-order chi connectivity index (χ1) is 10.7. The smallest absolute Gasteiger partial charge is 0.336 e. The third-order valence-electron chi connectivity index (χ3n) is 3.26. The molecule has 5 heteroatoms. The highest BCUT2D eigenvalue weighted by atomic mass is 16.5. The molecule has 1 aromatic carbocycles. The van der Waals surface area contributed by atoms with E-state index in [4.69, 9.17) is 9.15 Å². The van der Waals surface area contributed by atoms with E-state index in [2.05, 4.69) is 12.2 Å². The summed E-state index contributed by atoms with van der Waals surface area (Å²) in [7, 11) is 0. The summed E-state index contributed by atoms with van der Waals surface area (Å²) < 4.78 is 10.7. The number of hydrogen-bond donors (Lipinski definition) is 1. The van der Waals surface area contributed by atoms with Crippen LogP contribution in [-0.4, -0.2) is 19.1 Å². The molecule has 22 heavy (non-hydrogen) atoms. The second kappa shape index (κ2) is 8.22. The number of fused-ring (bicyclic) bond motifs is 1. The zero-order valence-corrected chi connectivity index (χ0v) is 12.8. The summed E-state index contributed by atoms with van der Waals surface area (Å²) >= 11 is 0. The van der Waals surface area contributed by atoms with Gasteiger partial charge < -0.3 is 14.5 Å². The molecule has 5 nitrogen and oxygen atoms in total. The average molecular weight is 303 g/mol. The maximum atomic E-state index is 11.5. The normalized spacial score (nSPS) is 10.6. The van der Waals surface area contributed by atoms with Crippen LogP contribution in [0.3, 0.4) is 0 Å². The third kappa shape index (κ3) is 4.91. The van der Waals surface area contributed by atoms with Gasteiger partial charge >= 0.3 is 5.63 Å². The summed E-state index contributed by atoms with van der Waals surface area (Å²) in [6, 6.07) is 8.46. The maximum Gasteiger partial charge on any atom is 0.336 e. The van der Waals surface area contributed by atoms with Crippen LogP contribution in [0.1, 0.15) is 32.6 Å². The first-order valence-corrected chi connectivity index (χ1v) is 7.62. The zero-order valence-electron chi connectivity index (χ0n) is 12.8. The lowest BCUT2D eigenvalue weighted by molar-refractivity contribution is -0.121. The summed E-state index contributed by atoms with van der Waals surface area (Å²) in [5.74, 6) is 0.690. The Labute approximate surface area is 129 Å². The van der Waals surface area contributed by atoms with E-state index in [1.807, 2.05) is 12.1 Å². The second-order valence-electron chi connectivity index (χ2n) is 5.11. The molecule has 0 aliphatic carbocycles. The number of rotatable bonds is 8. The fraction of sp³-hybridized carbons (Fsp3) is 0.412. The van der Waals surface area contributed by atoms with Crippen LogP contribution in [-0.2, 0) is 4.79 Å². The minimum atomic E-state index is -0.381. The largest absolute Gasteiger partial charge is 0.493 e. The standard InChI is InChI=1S/C17H21NO4/c1-2-3-10-18-16(19)5-4-11-21-14-8-6-13-7-9-17(20)22-15(13)12-14/h6-9,12H,2-5,10-11H2,1H3,(H,18,19). The molecule has 1 heterocycles. The van der Waals surface area contributed by atoms with E-state index in [-0.39, 0.29) is 11.5 Å². The van der Waals surface area contributed by atoms with E-state index in [0.717, 1.165) is 24.8 Å². The van der Waals surface area contributed by atoms with Crippen molar-refractivity contribution in [1.82, 2.24) is 5.32 Å². The summed E-state index contributed by atoms with van der Waals surface area (Å²) in [5, 5.41) is 3.72. The number of hydrogen-bond acceptors (Lipinski definition) is 4. The number of ether oxygens (including phenoxy) is 1. The van der Waals surface area contributed by atoms with Crippen molar-refractivity contribution in [2.24, 2.45) is 0 Å². The zero-order chi connectivity index (χ0) is 15.8. The fourth-order valence-corrected chi connectivity index (χ4v) is 2.05. The lowest BCUT2D eigenvalue weighted by Gasteiger charge is -2.07. The molecule has 1 aromatic heterocycles. The lowest BCUT2D eigenvalue weighted by atomic mass is 10.2. The molecular weight excluding hydrogens is 282 g/mol. The van der Waals surface area contributed by atoms with Crippen LogP contribution >= 0.6 is 0 Å². The monoisotopic (exact) mass is 303 g/mol. The van der Waals surface area contributed by atoms with E-state index in [1.54, 1.807) is 12.1 Å². The molecule has 0 unspecified atom stereocenters. The molecule has 1 N–H and O–H groups in total. The first kappa shape index (κ1) is 16.1. The average Bonchev–Trinajstić information content (AvgIpc) is 2.51. The highest BCUT2D eigenvalue weighted by Gasteiger charge is 2.03. The molecule has 0 atom stereocenters. The van der Waals surface area contributed by atoms with Crippen LogP contribution in [0.2, 0.25) is 0 Å². The molecule has 0 spiro atoms. The van der Waals surface area contributed by atoms with Crippen molar-refractivity contribution in [3.63, 3.8) is 0 Å². The van der Waals surface area contributed by atoms with Crippen LogP contribution in [0.4, 0.5) is 0 Å². The second-order valence-corrected chi connectivity index (χ2v) is 5.11. The van der Waals surface area contributed by atoms with Crippen LogP contribution in [0.5, 0.6) is 5.75 Å². The topological polar surface area (TPSA) is 68.5 Å². The summed E-state index contributed by atoms with van der Waals surface area (Å²) in [6.45, 7) is 3.27. The van der Waals surface area contributed by atoms with Crippen molar-refractivity contribution in [2.45, 2.75) is 32.6 Å². The van der Waals surface area contributed by atoms with Gasteiger partial charge in [0.1, 0.15) is 11.3 Å². The van der Waals surface area contributed by atoms with Gasteiger partial charge in [0.15, 0.2) is 0 Å². The minimum absolute atomic E-state index is 0.0570. The molecule has 0 radical (unpaired) electrons. The third-order valence-corrected chi connectivity index (χ3v) is 3.26. The Morgan fingerprint density at radius 2 is 2.05 bits per heavy atom. The van der Waals surface area contributed by atoms with E-state index in [9.17, 15) is 9.59 Å². The van der Waals surface area contributed by atoms with Gasteiger partial charge in [0.05, 0.1) is 6.61 Å². The molecule has 0 aliphatic heterocycles. The highest BCUT2D eigenvalue weighted by molar-refractivity contribution is 5.77. The van der Waals surface area contributed by atoms with Crippen LogP contribution in [0.25, 0.3) is 11.0 Å². The Hall–Kier alpha value is -2.30. The van der Waals surface area contributed by atoms with Gasteiger partial charge in [-0.3, -0.25) is 4.79 Å². The molecule has 2 aromatic rings. The van der Waals surface area contributed by atoms with Crippen LogP contribution in [0.15, 0.2) is 39.5 Å². The quantitative estimate of drug-likeness (QED) is 0.601. The van der Waals surface area contributed by atoms with Gasteiger partial charge in [-0.05, 0) is 31.0 Å². The van der Waals surface area contributed by atoms with E-state index in [1.165, 1.54) is 6.07 Å². The number of unbranched alkanes of at least 4 members (excludes halogenated alkanes) is 1. The van der Waals surface area contributed by atoms with Gasteiger partial charge in [0, 0.05) is 30.5 Å². The molecular formula is C17H21NO4. The predicted octanol–water partition coefficient (Wildman–Crippen LogP) is 2.87. The number of nitrogens with one attached hydrogen (secondary N) is 1. The Balaban J connectivity index is 1.77. The van der Waals surface area contributed by atoms with Gasteiger partial charge in [-0.2, -0.15) is 0 Å². The van der Waals surface area contributed by atoms with Crippen molar-refractivity contribution in [3.05, 3.63) is 40.8 Å². The predicted molar refractivity (Wildman–Crippen MR) is 85.1 cm³/mol. The molecule has 0 bridgehead atoms. The Morgan fingerprint density at radius 3 is 2.86 bits per heavy atom. The van der Waals surface area contributed by atoms with E-state index >= 15 is 0 Å². The van der Waals surface area contributed by atoms with Crippen molar-refractivity contribution in [1.29, 1.82) is 0 Å². The van der Waals surface area contributed by atoms with Crippen molar-refractivity contribution in [2.75, 3.05) is 13.2 Å². The summed E-state index contributed by atoms with van der Waals surface area (Å²) in [5.41, 5.74) is 0.121. The van der Waals surface area contributed by atoms with Crippen LogP contribution in [0, 0.1) is 0 Å². The molecule has 0 saturated heterocycles. The molecule has 0 saturated carbocycles. The van der Waals surface area contributed by atoms with Gasteiger partial charge in [0.25, 0.3) is 0 Å². The molecule has 0 fully saturated rings. The van der Waals surface area contributed by atoms with Crippen molar-refractivity contribution >= 4 is 16.9 Å².